The van der Waals surface area contributed by atoms with Crippen LogP contribution in [0.4, 0.5) is 0 Å². The predicted molar refractivity (Wildman–Crippen MR) is 83.5 cm³/mol. The van der Waals surface area contributed by atoms with Crippen molar-refractivity contribution in [2.75, 3.05) is 6.54 Å². The van der Waals surface area contributed by atoms with Crippen LogP contribution in [0.25, 0.3) is 0 Å². The highest BCUT2D eigenvalue weighted by molar-refractivity contribution is 5.22. The fourth-order valence-electron chi connectivity index (χ4n) is 2.94. The number of hydrogen-bond acceptors (Lipinski definition) is 3. The summed E-state index contributed by atoms with van der Waals surface area (Å²) in [5.41, 5.74) is 2.24. The van der Waals surface area contributed by atoms with Crippen LogP contribution >= 0.6 is 0 Å². The van der Waals surface area contributed by atoms with Crippen molar-refractivity contribution in [2.45, 2.75) is 64.3 Å². The fraction of sp³-hybridized carbons (Fsp3) is 0.647. The summed E-state index contributed by atoms with van der Waals surface area (Å²) < 4.78 is 0. The Labute approximate surface area is 122 Å². The van der Waals surface area contributed by atoms with Crippen molar-refractivity contribution in [2.24, 2.45) is 0 Å². The van der Waals surface area contributed by atoms with Gasteiger partial charge < -0.3 is 15.7 Å². The van der Waals surface area contributed by atoms with E-state index in [1.165, 1.54) is 44.2 Å². The number of hydrogen-bond donors (Lipinski definition) is 3. The van der Waals surface area contributed by atoms with E-state index >= 15 is 0 Å². The highest BCUT2D eigenvalue weighted by Gasteiger charge is 2.14. The highest BCUT2D eigenvalue weighted by Crippen LogP contribution is 2.13. The minimum absolute atomic E-state index is 0.120. The molecule has 0 aromatic heterocycles. The topological polar surface area (TPSA) is 44.3 Å². The summed E-state index contributed by atoms with van der Waals surface area (Å²) in [4.78, 5) is 0. The molecule has 3 heteroatoms. The van der Waals surface area contributed by atoms with Gasteiger partial charge >= 0.3 is 0 Å². The van der Waals surface area contributed by atoms with Crippen molar-refractivity contribution >= 4 is 0 Å². The van der Waals surface area contributed by atoms with Gasteiger partial charge in [0.2, 0.25) is 0 Å². The molecule has 1 aliphatic heterocycles. The zero-order valence-corrected chi connectivity index (χ0v) is 12.6. The Morgan fingerprint density at radius 1 is 1.30 bits per heavy atom. The van der Waals surface area contributed by atoms with E-state index in [0.717, 1.165) is 12.1 Å². The normalized spacial score (nSPS) is 21.4. The lowest BCUT2D eigenvalue weighted by Crippen LogP contribution is -2.36. The molecule has 1 saturated heterocycles. The van der Waals surface area contributed by atoms with E-state index in [4.69, 9.17) is 5.11 Å². The van der Waals surface area contributed by atoms with Gasteiger partial charge in [0.1, 0.15) is 0 Å². The van der Waals surface area contributed by atoms with Crippen molar-refractivity contribution in [3.8, 4) is 0 Å². The molecular weight excluding hydrogens is 248 g/mol. The first-order valence-corrected chi connectivity index (χ1v) is 7.93. The van der Waals surface area contributed by atoms with Crippen LogP contribution in [0, 0.1) is 0 Å². The summed E-state index contributed by atoms with van der Waals surface area (Å²) in [7, 11) is 0. The first-order valence-electron chi connectivity index (χ1n) is 7.93. The summed E-state index contributed by atoms with van der Waals surface area (Å²) >= 11 is 0. The van der Waals surface area contributed by atoms with Gasteiger partial charge in [-0.3, -0.25) is 0 Å². The zero-order chi connectivity index (χ0) is 14.2. The van der Waals surface area contributed by atoms with Crippen LogP contribution in [0.15, 0.2) is 24.3 Å². The molecule has 3 nitrogen and oxygen atoms in total. The average molecular weight is 276 g/mol. The molecule has 0 bridgehead atoms. The molecule has 0 aliphatic carbocycles. The first kappa shape index (κ1) is 15.5. The van der Waals surface area contributed by atoms with E-state index in [1.807, 2.05) is 12.1 Å². The molecule has 0 saturated carbocycles. The second-order valence-electron chi connectivity index (χ2n) is 6.00. The zero-order valence-electron chi connectivity index (χ0n) is 12.6. The lowest BCUT2D eigenvalue weighted by atomic mass is 10.0. The van der Waals surface area contributed by atoms with E-state index in [-0.39, 0.29) is 6.61 Å². The van der Waals surface area contributed by atoms with Crippen molar-refractivity contribution in [1.29, 1.82) is 0 Å². The van der Waals surface area contributed by atoms with Gasteiger partial charge in [0.15, 0.2) is 0 Å². The van der Waals surface area contributed by atoms with Crippen molar-refractivity contribution in [3.63, 3.8) is 0 Å². The Morgan fingerprint density at radius 2 is 2.15 bits per heavy atom. The van der Waals surface area contributed by atoms with Gasteiger partial charge in [-0.15, -0.1) is 0 Å². The third-order valence-electron chi connectivity index (χ3n) is 4.13. The number of nitrogens with one attached hydrogen (secondary N) is 2. The molecule has 2 rings (SSSR count). The second kappa shape index (κ2) is 8.40. The Balaban J connectivity index is 1.74. The smallest absolute Gasteiger partial charge is 0.0681 e. The van der Waals surface area contributed by atoms with Crippen LogP contribution in [0.1, 0.15) is 50.2 Å². The molecule has 3 N–H and O–H groups in total. The maximum Gasteiger partial charge on any atom is 0.0681 e. The van der Waals surface area contributed by atoms with Crippen LogP contribution in [-0.4, -0.2) is 23.7 Å². The molecule has 0 amide bonds. The van der Waals surface area contributed by atoms with E-state index < -0.39 is 0 Å². The molecule has 1 aliphatic rings. The van der Waals surface area contributed by atoms with Crippen LogP contribution in [0.5, 0.6) is 0 Å². The van der Waals surface area contributed by atoms with Gasteiger partial charge in [0.05, 0.1) is 6.61 Å². The molecule has 20 heavy (non-hydrogen) atoms. The molecule has 1 aromatic rings. The van der Waals surface area contributed by atoms with Crippen LogP contribution in [-0.2, 0) is 13.2 Å². The van der Waals surface area contributed by atoms with E-state index in [1.54, 1.807) is 0 Å². The van der Waals surface area contributed by atoms with Crippen molar-refractivity contribution in [1.82, 2.24) is 10.6 Å². The third-order valence-corrected chi connectivity index (χ3v) is 4.13. The summed E-state index contributed by atoms with van der Waals surface area (Å²) in [5, 5.41) is 16.4. The first-order chi connectivity index (χ1) is 9.78. The van der Waals surface area contributed by atoms with Gasteiger partial charge in [-0.05, 0) is 43.9 Å². The molecule has 1 fully saturated rings. The number of aliphatic hydroxyl groups excluding tert-OH is 1. The van der Waals surface area contributed by atoms with Crippen LogP contribution in [0.2, 0.25) is 0 Å². The minimum atomic E-state index is 0.120. The lowest BCUT2D eigenvalue weighted by Gasteiger charge is -2.21. The average Bonchev–Trinajstić information content (AvgIpc) is 2.74. The van der Waals surface area contributed by atoms with Gasteiger partial charge in [-0.25, -0.2) is 0 Å². The maximum atomic E-state index is 9.15. The van der Waals surface area contributed by atoms with E-state index in [9.17, 15) is 0 Å². The van der Waals surface area contributed by atoms with E-state index in [2.05, 4.69) is 29.7 Å². The highest BCUT2D eigenvalue weighted by atomic mass is 16.3. The summed E-state index contributed by atoms with van der Waals surface area (Å²) in [5.74, 6) is 0. The van der Waals surface area contributed by atoms with Gasteiger partial charge in [0.25, 0.3) is 0 Å². The fourth-order valence-corrected chi connectivity index (χ4v) is 2.94. The van der Waals surface area contributed by atoms with Crippen molar-refractivity contribution < 1.29 is 5.11 Å². The third kappa shape index (κ3) is 5.23. The minimum Gasteiger partial charge on any atom is -0.392 e. The largest absolute Gasteiger partial charge is 0.392 e. The summed E-state index contributed by atoms with van der Waals surface area (Å²) in [6.07, 6.45) is 6.57. The van der Waals surface area contributed by atoms with Crippen LogP contribution in [0.3, 0.4) is 0 Å². The molecule has 112 valence electrons. The van der Waals surface area contributed by atoms with Gasteiger partial charge in [-0.2, -0.15) is 0 Å². The van der Waals surface area contributed by atoms with E-state index in [0.29, 0.717) is 12.1 Å². The molecule has 1 heterocycles. The summed E-state index contributed by atoms with van der Waals surface area (Å²) in [6.45, 7) is 4.44. The quantitative estimate of drug-likeness (QED) is 0.748. The lowest BCUT2D eigenvalue weighted by molar-refractivity contribution is 0.281. The second-order valence-corrected chi connectivity index (χ2v) is 6.00. The Hall–Kier alpha value is -0.900. The maximum absolute atomic E-state index is 9.15. The molecule has 2 atom stereocenters. The van der Waals surface area contributed by atoms with Gasteiger partial charge in [-0.1, -0.05) is 37.1 Å². The Morgan fingerprint density at radius 3 is 3.00 bits per heavy atom. The van der Waals surface area contributed by atoms with Crippen molar-refractivity contribution in [3.05, 3.63) is 35.4 Å². The standard InChI is InChI=1S/C17H28N2O/c1-14(10-17-8-3-2-4-9-18-17)19-12-15-6-5-7-16(11-15)13-20/h5-7,11,14,17-20H,2-4,8-10,12-13H2,1H3. The molecule has 0 radical (unpaired) electrons. The predicted octanol–water partition coefficient (Wildman–Crippen LogP) is 2.58. The Kier molecular flexibility index (Phi) is 6.51. The van der Waals surface area contributed by atoms with Crippen LogP contribution < -0.4 is 10.6 Å². The SMILES string of the molecule is CC(CC1CCCCCN1)NCc1cccc(CO)c1. The molecule has 2 unspecified atom stereocenters. The number of rotatable bonds is 6. The molecule has 1 aromatic carbocycles. The number of aliphatic hydroxyl groups is 1. The summed E-state index contributed by atoms with van der Waals surface area (Å²) in [6, 6.07) is 9.35. The Bertz CT molecular complexity index is 386. The van der Waals surface area contributed by atoms with Gasteiger partial charge in [0, 0.05) is 18.6 Å². The number of benzene rings is 1. The molecule has 0 spiro atoms. The molecular formula is C17H28N2O. The monoisotopic (exact) mass is 276 g/mol.